The van der Waals surface area contributed by atoms with Gasteiger partial charge in [0.2, 0.25) is 5.91 Å². The Morgan fingerprint density at radius 1 is 1.14 bits per heavy atom. The molecule has 1 saturated heterocycles. The Labute approximate surface area is 209 Å². The number of aryl methyl sites for hydroxylation is 1. The molecule has 1 aromatic carbocycles. The van der Waals surface area contributed by atoms with Crippen LogP contribution in [0.2, 0.25) is 0 Å². The van der Waals surface area contributed by atoms with E-state index in [4.69, 9.17) is 4.42 Å². The minimum atomic E-state index is -2.71. The number of fused-ring (bicyclic) bond motifs is 1. The monoisotopic (exact) mass is 543 g/mol. The molecule has 10 heteroatoms. The number of hydrogen-bond acceptors (Lipinski definition) is 5. The zero-order valence-electron chi connectivity index (χ0n) is 19.1. The number of carbonyl (C=O) groups excluding carboxylic acids is 1. The van der Waals surface area contributed by atoms with Crippen molar-refractivity contribution in [1.82, 2.24) is 24.6 Å². The first kappa shape index (κ1) is 23.6. The molecular weight excluding hydrogens is 520 g/mol. The van der Waals surface area contributed by atoms with Gasteiger partial charge in [0.1, 0.15) is 12.2 Å². The first-order valence-corrected chi connectivity index (χ1v) is 12.1. The number of rotatable bonds is 6. The highest BCUT2D eigenvalue weighted by atomic mass is 79.9. The maximum atomic E-state index is 13.9. The summed E-state index contributed by atoms with van der Waals surface area (Å²) in [6.07, 6.45) is -1.24. The molecule has 0 saturated carbocycles. The van der Waals surface area contributed by atoms with E-state index in [-0.39, 0.29) is 34.7 Å². The highest BCUT2D eigenvalue weighted by molar-refractivity contribution is 9.10. The summed E-state index contributed by atoms with van der Waals surface area (Å²) in [5, 5.41) is 4.68. The van der Waals surface area contributed by atoms with Crippen LogP contribution in [-0.2, 0) is 17.9 Å². The summed E-state index contributed by atoms with van der Waals surface area (Å²) < 4.78 is 35.6. The van der Waals surface area contributed by atoms with Crippen molar-refractivity contribution in [2.75, 3.05) is 26.2 Å². The van der Waals surface area contributed by atoms with Crippen LogP contribution in [0.15, 0.2) is 57.6 Å². The minimum absolute atomic E-state index is 0.0622. The van der Waals surface area contributed by atoms with Crippen LogP contribution < -0.4 is 0 Å². The Hall–Kier alpha value is -3.11. The van der Waals surface area contributed by atoms with Crippen LogP contribution in [0, 0.1) is 6.92 Å². The smallest absolute Gasteiger partial charge is 0.264 e. The highest BCUT2D eigenvalue weighted by Gasteiger charge is 2.25. The summed E-state index contributed by atoms with van der Waals surface area (Å²) in [5.74, 6) is 0.271. The van der Waals surface area contributed by atoms with E-state index in [1.54, 1.807) is 24.0 Å². The fourth-order valence-corrected chi connectivity index (χ4v) is 4.94. The summed E-state index contributed by atoms with van der Waals surface area (Å²) in [4.78, 5) is 21.8. The fourth-order valence-electron chi connectivity index (χ4n) is 4.50. The number of amides is 1. The van der Waals surface area contributed by atoms with Crippen LogP contribution in [-0.4, -0.2) is 56.7 Å². The molecule has 1 fully saturated rings. The van der Waals surface area contributed by atoms with Crippen LogP contribution in [0.1, 0.15) is 23.2 Å². The molecule has 1 aliphatic heterocycles. The number of nitrogens with zero attached hydrogens (tertiary/aromatic N) is 5. The molecule has 0 unspecified atom stereocenters. The average molecular weight is 544 g/mol. The lowest BCUT2D eigenvalue weighted by Gasteiger charge is -2.34. The predicted molar refractivity (Wildman–Crippen MR) is 131 cm³/mol. The van der Waals surface area contributed by atoms with Crippen LogP contribution in [0.5, 0.6) is 0 Å². The molecule has 3 aromatic heterocycles. The molecule has 1 aliphatic rings. The Balaban J connectivity index is 1.33. The second-order valence-corrected chi connectivity index (χ2v) is 9.52. The van der Waals surface area contributed by atoms with Gasteiger partial charge in [-0.2, -0.15) is 5.10 Å². The van der Waals surface area contributed by atoms with Gasteiger partial charge in [0.25, 0.3) is 6.43 Å². The average Bonchev–Trinajstić information content (AvgIpc) is 3.48. The van der Waals surface area contributed by atoms with Crippen molar-refractivity contribution in [3.05, 3.63) is 70.0 Å². The van der Waals surface area contributed by atoms with Gasteiger partial charge in [-0.3, -0.25) is 9.69 Å². The maximum Gasteiger partial charge on any atom is 0.264 e. The van der Waals surface area contributed by atoms with Gasteiger partial charge in [-0.05, 0) is 42.8 Å². The van der Waals surface area contributed by atoms with Crippen molar-refractivity contribution in [3.8, 4) is 11.5 Å². The first-order valence-electron chi connectivity index (χ1n) is 11.3. The van der Waals surface area contributed by atoms with Crippen molar-refractivity contribution >= 4 is 32.9 Å². The number of aromatic nitrogens is 3. The van der Waals surface area contributed by atoms with E-state index in [1.807, 2.05) is 12.1 Å². The molecule has 4 heterocycles. The number of piperazine rings is 1. The number of carbonyl (C=O) groups is 1. The maximum absolute atomic E-state index is 13.9. The fraction of sp³-hybridized carbons (Fsp3) is 0.320. The molecule has 0 bridgehead atoms. The lowest BCUT2D eigenvalue weighted by Crippen LogP contribution is -2.49. The second kappa shape index (κ2) is 9.87. The van der Waals surface area contributed by atoms with Crippen LogP contribution in [0.4, 0.5) is 8.78 Å². The van der Waals surface area contributed by atoms with E-state index >= 15 is 0 Å². The number of furan rings is 1. The Bertz CT molecular complexity index is 1350. The third kappa shape index (κ3) is 4.99. The van der Waals surface area contributed by atoms with Crippen molar-refractivity contribution in [1.29, 1.82) is 0 Å². The lowest BCUT2D eigenvalue weighted by molar-refractivity contribution is -0.133. The molecule has 0 atom stereocenters. The summed E-state index contributed by atoms with van der Waals surface area (Å²) in [6, 6.07) is 12.9. The van der Waals surface area contributed by atoms with E-state index in [2.05, 4.69) is 43.0 Å². The second-order valence-electron chi connectivity index (χ2n) is 8.60. The summed E-state index contributed by atoms with van der Waals surface area (Å²) >= 11 is 3.50. The quantitative estimate of drug-likeness (QED) is 0.340. The number of halogens is 3. The molecule has 182 valence electrons. The summed E-state index contributed by atoms with van der Waals surface area (Å²) in [6.45, 7) is 5.12. The molecule has 0 radical (unpaired) electrons. The Kier molecular flexibility index (Phi) is 6.66. The summed E-state index contributed by atoms with van der Waals surface area (Å²) in [5.41, 5.74) is 2.01. The van der Waals surface area contributed by atoms with Crippen LogP contribution >= 0.6 is 15.9 Å². The topological polar surface area (TPSA) is 67.4 Å². The third-order valence-electron chi connectivity index (χ3n) is 6.22. The third-order valence-corrected chi connectivity index (χ3v) is 6.72. The van der Waals surface area contributed by atoms with Crippen molar-refractivity contribution in [3.63, 3.8) is 0 Å². The zero-order valence-corrected chi connectivity index (χ0v) is 20.7. The van der Waals surface area contributed by atoms with Gasteiger partial charge in [-0.1, -0.05) is 28.1 Å². The SMILES string of the molecule is Cc1nn(CC(=O)N2CCN(Cc3cccc(Br)c3)CC2)c2nc(-c3ccco3)cc(C(F)F)c12. The zero-order chi connectivity index (χ0) is 24.5. The van der Waals surface area contributed by atoms with E-state index in [9.17, 15) is 13.6 Å². The Morgan fingerprint density at radius 3 is 2.63 bits per heavy atom. The van der Waals surface area contributed by atoms with Gasteiger partial charge < -0.3 is 9.32 Å². The molecule has 35 heavy (non-hydrogen) atoms. The van der Waals surface area contributed by atoms with E-state index in [1.165, 1.54) is 22.6 Å². The number of benzene rings is 1. The molecule has 0 aliphatic carbocycles. The minimum Gasteiger partial charge on any atom is -0.463 e. The van der Waals surface area contributed by atoms with Gasteiger partial charge in [-0.25, -0.2) is 18.4 Å². The van der Waals surface area contributed by atoms with Gasteiger partial charge in [0, 0.05) is 42.8 Å². The number of pyridine rings is 1. The van der Waals surface area contributed by atoms with Crippen LogP contribution in [0.25, 0.3) is 22.5 Å². The van der Waals surface area contributed by atoms with Crippen molar-refractivity contribution in [2.24, 2.45) is 0 Å². The van der Waals surface area contributed by atoms with Crippen molar-refractivity contribution in [2.45, 2.75) is 26.4 Å². The lowest BCUT2D eigenvalue weighted by atomic mass is 10.1. The largest absolute Gasteiger partial charge is 0.463 e. The van der Waals surface area contributed by atoms with Crippen molar-refractivity contribution < 1.29 is 18.0 Å². The normalized spacial score (nSPS) is 14.8. The van der Waals surface area contributed by atoms with Gasteiger partial charge in [0.05, 0.1) is 17.3 Å². The molecule has 1 amide bonds. The van der Waals surface area contributed by atoms with Gasteiger partial charge >= 0.3 is 0 Å². The highest BCUT2D eigenvalue weighted by Crippen LogP contribution is 2.33. The van der Waals surface area contributed by atoms with Crippen LogP contribution in [0.3, 0.4) is 0 Å². The standard InChI is InChI=1S/C25H24BrF2N5O2/c1-16-23-19(24(27)28)13-20(21-6-3-11-35-21)29-25(23)33(30-16)15-22(34)32-9-7-31(8-10-32)14-17-4-2-5-18(26)12-17/h2-6,11-13,24H,7-10,14-15H2,1H3. The molecule has 5 rings (SSSR count). The Morgan fingerprint density at radius 2 is 1.94 bits per heavy atom. The van der Waals surface area contributed by atoms with E-state index < -0.39 is 6.43 Å². The number of hydrogen-bond donors (Lipinski definition) is 0. The van der Waals surface area contributed by atoms with Gasteiger partial charge in [-0.15, -0.1) is 0 Å². The van der Waals surface area contributed by atoms with E-state index in [0.29, 0.717) is 24.5 Å². The molecule has 4 aromatic rings. The van der Waals surface area contributed by atoms with E-state index in [0.717, 1.165) is 24.1 Å². The number of alkyl halides is 2. The molecule has 0 N–H and O–H groups in total. The predicted octanol–water partition coefficient (Wildman–Crippen LogP) is 5.04. The molecular formula is C25H24BrF2N5O2. The molecule has 7 nitrogen and oxygen atoms in total. The summed E-state index contributed by atoms with van der Waals surface area (Å²) in [7, 11) is 0. The first-order chi connectivity index (χ1) is 16.9. The van der Waals surface area contributed by atoms with Gasteiger partial charge in [0.15, 0.2) is 11.4 Å². The molecule has 0 spiro atoms.